The lowest BCUT2D eigenvalue weighted by atomic mass is 10.3. The number of hydrogen-bond acceptors (Lipinski definition) is 2. The normalized spacial score (nSPS) is 10.1. The maximum absolute atomic E-state index is 10.4. The Hall–Kier alpha value is -0.500. The Kier molecular flexibility index (Phi) is 5.21. The number of aliphatic carboxylic acids is 1. The molecule has 3 nitrogen and oxygen atoms in total. The maximum Gasteiger partial charge on any atom is 0.381 e. The zero-order valence-corrected chi connectivity index (χ0v) is 10.0. The van der Waals surface area contributed by atoms with E-state index in [4.69, 9.17) is 33.0 Å². The van der Waals surface area contributed by atoms with Crippen LogP contribution in [-0.2, 0) is 4.79 Å². The second kappa shape index (κ2) is 5.40. The molecule has 14 heavy (non-hydrogen) atoms. The second-order valence-corrected chi connectivity index (χ2v) is 3.50. The number of carboxylic acid groups (broad SMARTS) is 1. The van der Waals surface area contributed by atoms with Crippen LogP contribution in [0.5, 0.6) is 5.75 Å². The van der Waals surface area contributed by atoms with E-state index in [0.717, 1.165) is 0 Å². The number of carbonyl (C=O) groups is 1. The van der Waals surface area contributed by atoms with E-state index in [1.807, 2.05) is 0 Å². The largest absolute Gasteiger partial charge is 0.476 e. The SMILES string of the molecule is O=C(O)C(Cl)(Cl)Oc1ccccc1.P. The highest BCUT2D eigenvalue weighted by molar-refractivity contribution is 6.92. The fourth-order valence-electron chi connectivity index (χ4n) is 0.680. The van der Waals surface area contributed by atoms with Gasteiger partial charge in [0.05, 0.1) is 0 Å². The first-order valence-electron chi connectivity index (χ1n) is 3.37. The monoisotopic (exact) mass is 254 g/mol. The molecular formula is C8H9Cl2O3P. The molecule has 1 N–H and O–H groups in total. The average Bonchev–Trinajstić information content (AvgIpc) is 2.05. The molecule has 0 radical (unpaired) electrons. The minimum Gasteiger partial charge on any atom is -0.476 e. The summed E-state index contributed by atoms with van der Waals surface area (Å²) in [5.41, 5.74) is 0. The highest BCUT2D eigenvalue weighted by Gasteiger charge is 2.36. The molecule has 1 aromatic carbocycles. The molecule has 78 valence electrons. The van der Waals surface area contributed by atoms with Gasteiger partial charge >= 0.3 is 10.5 Å². The molecule has 0 aliphatic carbocycles. The van der Waals surface area contributed by atoms with Crippen LogP contribution in [0, 0.1) is 0 Å². The van der Waals surface area contributed by atoms with Crippen LogP contribution < -0.4 is 4.74 Å². The third-order valence-electron chi connectivity index (χ3n) is 1.24. The van der Waals surface area contributed by atoms with E-state index in [1.165, 1.54) is 0 Å². The van der Waals surface area contributed by atoms with Gasteiger partial charge in [0.15, 0.2) is 0 Å². The topological polar surface area (TPSA) is 46.5 Å². The maximum atomic E-state index is 10.4. The molecule has 0 saturated carbocycles. The summed E-state index contributed by atoms with van der Waals surface area (Å²) in [6.45, 7) is 0. The lowest BCUT2D eigenvalue weighted by Gasteiger charge is -2.15. The number of ether oxygens (including phenoxy) is 1. The molecule has 1 aromatic rings. The summed E-state index contributed by atoms with van der Waals surface area (Å²) in [6, 6.07) is 8.24. The van der Waals surface area contributed by atoms with Crippen LogP contribution in [0.25, 0.3) is 0 Å². The molecule has 0 bridgehead atoms. The molecule has 6 heteroatoms. The van der Waals surface area contributed by atoms with Crippen molar-refractivity contribution >= 4 is 39.1 Å². The van der Waals surface area contributed by atoms with Gasteiger partial charge in [-0.25, -0.2) is 4.79 Å². The van der Waals surface area contributed by atoms with Crippen LogP contribution in [0.2, 0.25) is 0 Å². The van der Waals surface area contributed by atoms with Gasteiger partial charge in [0.2, 0.25) is 0 Å². The van der Waals surface area contributed by atoms with E-state index in [1.54, 1.807) is 30.3 Å². The Morgan fingerprint density at radius 1 is 1.29 bits per heavy atom. The van der Waals surface area contributed by atoms with Gasteiger partial charge in [-0.05, 0) is 35.3 Å². The number of rotatable bonds is 3. The molecule has 1 atom stereocenters. The fraction of sp³-hybridized carbons (Fsp3) is 0.125. The van der Waals surface area contributed by atoms with Gasteiger partial charge in [-0.3, -0.25) is 0 Å². The number of halogens is 2. The summed E-state index contributed by atoms with van der Waals surface area (Å²) in [5, 5.41) is 8.51. The van der Waals surface area contributed by atoms with E-state index >= 15 is 0 Å². The van der Waals surface area contributed by atoms with Crippen molar-refractivity contribution < 1.29 is 14.6 Å². The first-order valence-corrected chi connectivity index (χ1v) is 4.13. The van der Waals surface area contributed by atoms with Gasteiger partial charge in [0, 0.05) is 0 Å². The lowest BCUT2D eigenvalue weighted by Crippen LogP contribution is -2.32. The van der Waals surface area contributed by atoms with Crippen LogP contribution in [0.15, 0.2) is 30.3 Å². The summed E-state index contributed by atoms with van der Waals surface area (Å²) >= 11 is 10.7. The molecule has 0 aliphatic rings. The molecular weight excluding hydrogens is 246 g/mol. The van der Waals surface area contributed by atoms with Crippen molar-refractivity contribution in [2.75, 3.05) is 0 Å². The number of para-hydroxylation sites is 1. The predicted molar refractivity (Wildman–Crippen MR) is 60.2 cm³/mol. The summed E-state index contributed by atoms with van der Waals surface area (Å²) in [7, 11) is 0. The third kappa shape index (κ3) is 3.70. The molecule has 0 aliphatic heterocycles. The van der Waals surface area contributed by atoms with Crippen molar-refractivity contribution in [1.82, 2.24) is 0 Å². The highest BCUT2D eigenvalue weighted by atomic mass is 35.5. The van der Waals surface area contributed by atoms with Gasteiger partial charge in [-0.15, -0.1) is 0 Å². The molecule has 0 amide bonds. The van der Waals surface area contributed by atoms with E-state index in [-0.39, 0.29) is 9.90 Å². The Morgan fingerprint density at radius 2 is 1.79 bits per heavy atom. The van der Waals surface area contributed by atoms with Crippen LogP contribution in [0.1, 0.15) is 0 Å². The standard InChI is InChI=1S/C8H6Cl2O3.H3P/c9-8(10,7(11)12)13-6-4-2-1-3-5-6;/h1-5H,(H,11,12);1H3. The van der Waals surface area contributed by atoms with E-state index in [9.17, 15) is 4.79 Å². The lowest BCUT2D eigenvalue weighted by molar-refractivity contribution is -0.143. The summed E-state index contributed by atoms with van der Waals surface area (Å²) in [5.74, 6) is -1.14. The zero-order chi connectivity index (χ0) is 9.90. The molecule has 0 aromatic heterocycles. The summed E-state index contributed by atoms with van der Waals surface area (Å²) in [4.78, 5) is 10.4. The van der Waals surface area contributed by atoms with Crippen LogP contribution >= 0.6 is 33.1 Å². The number of benzene rings is 1. The van der Waals surface area contributed by atoms with E-state index in [0.29, 0.717) is 5.75 Å². The second-order valence-electron chi connectivity index (χ2n) is 2.24. The minimum absolute atomic E-state index is 0. The van der Waals surface area contributed by atoms with Crippen molar-refractivity contribution in [3.8, 4) is 5.75 Å². The van der Waals surface area contributed by atoms with Gasteiger partial charge in [0.1, 0.15) is 5.75 Å². The smallest absolute Gasteiger partial charge is 0.381 e. The minimum atomic E-state index is -2.23. The molecule has 0 heterocycles. The van der Waals surface area contributed by atoms with Crippen LogP contribution in [-0.4, -0.2) is 15.6 Å². The van der Waals surface area contributed by atoms with Crippen molar-refractivity contribution in [3.05, 3.63) is 30.3 Å². The molecule has 1 rings (SSSR count). The Morgan fingerprint density at radius 3 is 2.21 bits per heavy atom. The van der Waals surface area contributed by atoms with Crippen molar-refractivity contribution in [1.29, 1.82) is 0 Å². The molecule has 0 fully saturated rings. The van der Waals surface area contributed by atoms with E-state index < -0.39 is 10.5 Å². The number of alkyl halides is 2. The Balaban J connectivity index is 0.00000169. The van der Waals surface area contributed by atoms with Crippen molar-refractivity contribution in [2.45, 2.75) is 4.52 Å². The number of carboxylic acids is 1. The Labute approximate surface area is 94.6 Å². The van der Waals surface area contributed by atoms with Crippen LogP contribution in [0.3, 0.4) is 0 Å². The zero-order valence-electron chi connectivity index (χ0n) is 7.11. The first-order chi connectivity index (χ1) is 6.02. The Bertz CT molecular complexity index is 303. The van der Waals surface area contributed by atoms with E-state index in [2.05, 4.69) is 0 Å². The van der Waals surface area contributed by atoms with Gasteiger partial charge in [0.25, 0.3) is 0 Å². The molecule has 0 saturated heterocycles. The fourth-order valence-corrected chi connectivity index (χ4v) is 0.858. The van der Waals surface area contributed by atoms with Gasteiger partial charge < -0.3 is 9.84 Å². The van der Waals surface area contributed by atoms with Gasteiger partial charge in [-0.1, -0.05) is 18.2 Å². The quantitative estimate of drug-likeness (QED) is 0.666. The molecule has 0 spiro atoms. The van der Waals surface area contributed by atoms with Gasteiger partial charge in [-0.2, -0.15) is 9.90 Å². The summed E-state index contributed by atoms with van der Waals surface area (Å²) in [6.07, 6.45) is 0. The third-order valence-corrected chi connectivity index (χ3v) is 1.72. The van der Waals surface area contributed by atoms with Crippen molar-refractivity contribution in [2.24, 2.45) is 0 Å². The highest BCUT2D eigenvalue weighted by Crippen LogP contribution is 2.25. The molecule has 1 unspecified atom stereocenters. The van der Waals surface area contributed by atoms with Crippen LogP contribution in [0.4, 0.5) is 0 Å². The number of hydrogen-bond donors (Lipinski definition) is 1. The average molecular weight is 255 g/mol. The predicted octanol–water partition coefficient (Wildman–Crippen LogP) is 2.34. The summed E-state index contributed by atoms with van der Waals surface area (Å²) < 4.78 is 2.56. The first kappa shape index (κ1) is 13.5. The van der Waals surface area contributed by atoms with Crippen molar-refractivity contribution in [3.63, 3.8) is 0 Å².